The highest BCUT2D eigenvalue weighted by atomic mass is 32.1. The van der Waals surface area contributed by atoms with Crippen molar-refractivity contribution in [3.8, 4) is 0 Å². The number of aromatic amines is 1. The molecule has 19 heavy (non-hydrogen) atoms. The Kier molecular flexibility index (Phi) is 2.28. The summed E-state index contributed by atoms with van der Waals surface area (Å²) in [7, 11) is 0. The van der Waals surface area contributed by atoms with Crippen molar-refractivity contribution in [1.82, 2.24) is 9.97 Å². The van der Waals surface area contributed by atoms with Gasteiger partial charge in [0, 0.05) is 29.0 Å². The summed E-state index contributed by atoms with van der Waals surface area (Å²) >= 11 is 1.71. The van der Waals surface area contributed by atoms with Crippen LogP contribution < -0.4 is 5.32 Å². The lowest BCUT2D eigenvalue weighted by atomic mass is 10.2. The van der Waals surface area contributed by atoms with Crippen molar-refractivity contribution in [2.24, 2.45) is 0 Å². The van der Waals surface area contributed by atoms with Gasteiger partial charge >= 0.3 is 0 Å². The first-order chi connectivity index (χ1) is 9.40. The van der Waals surface area contributed by atoms with Crippen LogP contribution in [0.25, 0.3) is 21.1 Å². The summed E-state index contributed by atoms with van der Waals surface area (Å²) in [4.78, 5) is 7.55. The number of H-pyrrole nitrogens is 1. The van der Waals surface area contributed by atoms with Gasteiger partial charge in [-0.1, -0.05) is 0 Å². The molecule has 3 heterocycles. The van der Waals surface area contributed by atoms with Gasteiger partial charge < -0.3 is 10.3 Å². The molecular weight excluding hydrogens is 254 g/mol. The topological polar surface area (TPSA) is 40.7 Å². The van der Waals surface area contributed by atoms with E-state index >= 15 is 0 Å². The third kappa shape index (κ3) is 1.77. The van der Waals surface area contributed by atoms with E-state index in [-0.39, 0.29) is 0 Å². The molecule has 4 rings (SSSR count). The Morgan fingerprint density at radius 1 is 1.11 bits per heavy atom. The van der Waals surface area contributed by atoms with Crippen molar-refractivity contribution in [2.75, 3.05) is 5.32 Å². The molecule has 92 valence electrons. The number of fused-ring (bicyclic) bond motifs is 2. The normalized spacial score (nSPS) is 11.2. The molecule has 4 aromatic rings. The molecule has 0 unspecified atom stereocenters. The monoisotopic (exact) mass is 265 g/mol. The van der Waals surface area contributed by atoms with Crippen molar-refractivity contribution in [3.63, 3.8) is 0 Å². The van der Waals surface area contributed by atoms with Crippen LogP contribution in [0.5, 0.6) is 0 Å². The predicted molar refractivity (Wildman–Crippen MR) is 81.2 cm³/mol. The predicted octanol–water partition coefficient (Wildman–Crippen LogP) is 4.52. The van der Waals surface area contributed by atoms with Crippen molar-refractivity contribution in [1.29, 1.82) is 0 Å². The zero-order chi connectivity index (χ0) is 12.7. The Labute approximate surface area is 113 Å². The van der Waals surface area contributed by atoms with Crippen LogP contribution in [0.2, 0.25) is 0 Å². The average Bonchev–Trinajstić information content (AvgIpc) is 3.06. The minimum absolute atomic E-state index is 1.04. The van der Waals surface area contributed by atoms with Crippen LogP contribution in [0.1, 0.15) is 0 Å². The summed E-state index contributed by atoms with van der Waals surface area (Å²) < 4.78 is 1.19. The number of aromatic nitrogens is 2. The second kappa shape index (κ2) is 4.10. The van der Waals surface area contributed by atoms with Gasteiger partial charge in [0.25, 0.3) is 0 Å². The molecular formula is C15H11N3S. The molecule has 0 aliphatic heterocycles. The second-order valence-corrected chi connectivity index (χ2v) is 5.31. The van der Waals surface area contributed by atoms with E-state index in [1.165, 1.54) is 10.1 Å². The fourth-order valence-electron chi connectivity index (χ4n) is 2.26. The molecule has 2 N–H and O–H groups in total. The van der Waals surface area contributed by atoms with Crippen LogP contribution in [-0.2, 0) is 0 Å². The highest BCUT2D eigenvalue weighted by Crippen LogP contribution is 2.30. The molecule has 4 heteroatoms. The largest absolute Gasteiger partial charge is 0.361 e. The number of hydrogen-bond acceptors (Lipinski definition) is 3. The summed E-state index contributed by atoms with van der Waals surface area (Å²) in [6.07, 6.45) is 3.80. The molecule has 0 aliphatic rings. The number of anilines is 2. The summed E-state index contributed by atoms with van der Waals surface area (Å²) in [5, 5.41) is 6.75. The van der Waals surface area contributed by atoms with Gasteiger partial charge in [0.2, 0.25) is 0 Å². The maximum Gasteiger partial charge on any atom is 0.0830 e. The zero-order valence-corrected chi connectivity index (χ0v) is 10.9. The number of hydrogen-bond donors (Lipinski definition) is 2. The van der Waals surface area contributed by atoms with Gasteiger partial charge in [0.05, 0.1) is 15.9 Å². The highest BCUT2D eigenvalue weighted by Gasteiger charge is 2.04. The van der Waals surface area contributed by atoms with Gasteiger partial charge in [-0.2, -0.15) is 0 Å². The van der Waals surface area contributed by atoms with Crippen molar-refractivity contribution >= 4 is 43.8 Å². The van der Waals surface area contributed by atoms with Crippen molar-refractivity contribution in [2.45, 2.75) is 0 Å². The van der Waals surface area contributed by atoms with E-state index in [2.05, 4.69) is 44.9 Å². The average molecular weight is 265 g/mol. The maximum atomic E-state index is 4.35. The zero-order valence-electron chi connectivity index (χ0n) is 10.1. The van der Waals surface area contributed by atoms with Gasteiger partial charge in [-0.15, -0.1) is 11.3 Å². The van der Waals surface area contributed by atoms with E-state index in [0.29, 0.717) is 0 Å². The highest BCUT2D eigenvalue weighted by molar-refractivity contribution is 7.17. The maximum absolute atomic E-state index is 4.35. The van der Waals surface area contributed by atoms with Crippen LogP contribution in [0, 0.1) is 0 Å². The molecule has 3 nitrogen and oxygen atoms in total. The molecule has 0 fully saturated rings. The quantitative estimate of drug-likeness (QED) is 0.559. The molecule has 0 amide bonds. The fourth-order valence-corrected chi connectivity index (χ4v) is 3.08. The molecule has 0 saturated heterocycles. The van der Waals surface area contributed by atoms with Crippen LogP contribution in [0.15, 0.2) is 54.2 Å². The smallest absolute Gasteiger partial charge is 0.0830 e. The Hall–Kier alpha value is -2.33. The van der Waals surface area contributed by atoms with Crippen LogP contribution >= 0.6 is 11.3 Å². The third-order valence-electron chi connectivity index (χ3n) is 3.18. The minimum Gasteiger partial charge on any atom is -0.361 e. The molecule has 0 bridgehead atoms. The molecule has 0 spiro atoms. The SMILES string of the molecule is c1cc(Nc2ccc3[nH]ccc3c2)c2sccc2n1. The Morgan fingerprint density at radius 3 is 3.11 bits per heavy atom. The summed E-state index contributed by atoms with van der Waals surface area (Å²) in [5.74, 6) is 0. The van der Waals surface area contributed by atoms with Gasteiger partial charge in [-0.05, 0) is 41.8 Å². The van der Waals surface area contributed by atoms with E-state index in [1.807, 2.05) is 24.5 Å². The number of thiophene rings is 1. The van der Waals surface area contributed by atoms with Crippen LogP contribution in [0.3, 0.4) is 0 Å². The van der Waals surface area contributed by atoms with E-state index < -0.39 is 0 Å². The lowest BCUT2D eigenvalue weighted by Gasteiger charge is -2.07. The van der Waals surface area contributed by atoms with E-state index in [1.54, 1.807) is 11.3 Å². The lowest BCUT2D eigenvalue weighted by molar-refractivity contribution is 1.42. The first-order valence-corrected chi connectivity index (χ1v) is 6.94. The molecule has 0 aliphatic carbocycles. The summed E-state index contributed by atoms with van der Waals surface area (Å²) in [5.41, 5.74) is 4.39. The first kappa shape index (κ1) is 10.6. The summed E-state index contributed by atoms with van der Waals surface area (Å²) in [6, 6.07) is 12.4. The fraction of sp³-hybridized carbons (Fsp3) is 0. The van der Waals surface area contributed by atoms with E-state index in [0.717, 1.165) is 22.4 Å². The van der Waals surface area contributed by atoms with Crippen molar-refractivity contribution < 1.29 is 0 Å². The minimum atomic E-state index is 1.04. The van der Waals surface area contributed by atoms with E-state index in [9.17, 15) is 0 Å². The number of nitrogens with zero attached hydrogens (tertiary/aromatic N) is 1. The van der Waals surface area contributed by atoms with Gasteiger partial charge in [-0.3, -0.25) is 4.98 Å². The van der Waals surface area contributed by atoms with Gasteiger partial charge in [0.15, 0.2) is 0 Å². The number of nitrogens with one attached hydrogen (secondary N) is 2. The van der Waals surface area contributed by atoms with Gasteiger partial charge in [0.1, 0.15) is 0 Å². The molecule has 0 saturated carbocycles. The molecule has 3 aromatic heterocycles. The second-order valence-electron chi connectivity index (χ2n) is 4.40. The van der Waals surface area contributed by atoms with E-state index in [4.69, 9.17) is 0 Å². The Bertz CT molecular complexity index is 860. The Balaban J connectivity index is 1.79. The number of rotatable bonds is 2. The third-order valence-corrected chi connectivity index (χ3v) is 4.11. The lowest BCUT2D eigenvalue weighted by Crippen LogP contribution is -1.90. The molecule has 0 atom stereocenters. The molecule has 1 aromatic carbocycles. The van der Waals surface area contributed by atoms with Crippen LogP contribution in [0.4, 0.5) is 11.4 Å². The summed E-state index contributed by atoms with van der Waals surface area (Å²) in [6.45, 7) is 0. The van der Waals surface area contributed by atoms with Crippen LogP contribution in [-0.4, -0.2) is 9.97 Å². The molecule has 0 radical (unpaired) electrons. The van der Waals surface area contributed by atoms with Crippen molar-refractivity contribution in [3.05, 3.63) is 54.2 Å². The number of benzene rings is 1. The number of pyridine rings is 1. The standard InChI is InChI=1S/C15H11N3S/c1-2-12-10(3-6-16-12)9-11(1)18-14-4-7-17-13-5-8-19-15(13)14/h1-9,16H,(H,17,18). The van der Waals surface area contributed by atoms with Gasteiger partial charge in [-0.25, -0.2) is 0 Å². The Morgan fingerprint density at radius 2 is 2.11 bits per heavy atom. The first-order valence-electron chi connectivity index (χ1n) is 6.06.